The average Bonchev–Trinajstić information content (AvgIpc) is 2.46. The number of hydrogen-bond donors (Lipinski definition) is 2. The molecule has 1 aromatic heterocycles. The first-order valence-electron chi connectivity index (χ1n) is 6.28. The number of halogens is 1. The molecule has 0 spiro atoms. The molecule has 2 aromatic rings. The van der Waals surface area contributed by atoms with Crippen LogP contribution >= 0.6 is 11.6 Å². The number of carbonyl (C=O) groups excluding carboxylic acids is 1. The van der Waals surface area contributed by atoms with Gasteiger partial charge >= 0.3 is 0 Å². The van der Waals surface area contributed by atoms with Crippen LogP contribution in [0.5, 0.6) is 0 Å². The highest BCUT2D eigenvalue weighted by Crippen LogP contribution is 2.36. The van der Waals surface area contributed by atoms with E-state index in [4.69, 9.17) is 11.6 Å². The number of nitrogens with one attached hydrogen (secondary N) is 2. The number of nitro benzene ring substituents is 1. The second kappa shape index (κ2) is 5.23. The summed E-state index contributed by atoms with van der Waals surface area (Å²) in [5.41, 5.74) is 0.0732. The van der Waals surface area contributed by atoms with Crippen molar-refractivity contribution in [2.75, 3.05) is 5.32 Å². The summed E-state index contributed by atoms with van der Waals surface area (Å²) < 4.78 is 0. The summed E-state index contributed by atoms with van der Waals surface area (Å²) in [6.45, 7) is 0. The van der Waals surface area contributed by atoms with Crippen molar-refractivity contribution in [2.24, 2.45) is 0 Å². The number of nitrogens with zero attached hydrogens (tertiary/aromatic N) is 2. The molecule has 1 aromatic carbocycles. The second-order valence-electron chi connectivity index (χ2n) is 4.77. The van der Waals surface area contributed by atoms with Gasteiger partial charge in [-0.15, -0.1) is 0 Å². The van der Waals surface area contributed by atoms with Gasteiger partial charge < -0.3 is 10.3 Å². The molecular formula is C13H9ClN4O4. The van der Waals surface area contributed by atoms with Crippen molar-refractivity contribution in [2.45, 2.75) is 12.3 Å². The van der Waals surface area contributed by atoms with Gasteiger partial charge in [-0.2, -0.15) is 0 Å². The largest absolute Gasteiger partial charge is 0.313 e. The van der Waals surface area contributed by atoms with Gasteiger partial charge in [-0.1, -0.05) is 17.7 Å². The lowest BCUT2D eigenvalue weighted by Gasteiger charge is -2.23. The van der Waals surface area contributed by atoms with Crippen LogP contribution in [0.2, 0.25) is 5.02 Å². The highest BCUT2D eigenvalue weighted by Gasteiger charge is 2.31. The zero-order valence-corrected chi connectivity index (χ0v) is 11.8. The molecule has 0 saturated carbocycles. The Labute approximate surface area is 128 Å². The van der Waals surface area contributed by atoms with E-state index in [0.29, 0.717) is 5.56 Å². The zero-order valence-electron chi connectivity index (χ0n) is 11.0. The third-order valence-corrected chi connectivity index (χ3v) is 3.77. The summed E-state index contributed by atoms with van der Waals surface area (Å²) in [6.07, 6.45) is 1.19. The van der Waals surface area contributed by atoms with Crippen molar-refractivity contribution in [3.05, 3.63) is 61.1 Å². The van der Waals surface area contributed by atoms with Gasteiger partial charge in [0.05, 0.1) is 16.8 Å². The first kappa shape index (κ1) is 14.2. The van der Waals surface area contributed by atoms with Gasteiger partial charge in [0, 0.05) is 18.4 Å². The molecule has 8 nitrogen and oxygen atoms in total. The molecule has 1 aliphatic heterocycles. The number of aromatic nitrogens is 2. The summed E-state index contributed by atoms with van der Waals surface area (Å²) >= 11 is 5.79. The molecule has 0 saturated heterocycles. The molecule has 112 valence electrons. The van der Waals surface area contributed by atoms with Crippen LogP contribution in [-0.2, 0) is 4.79 Å². The molecule has 3 rings (SSSR count). The Balaban J connectivity index is 2.18. The van der Waals surface area contributed by atoms with Crippen molar-refractivity contribution in [3.8, 4) is 0 Å². The van der Waals surface area contributed by atoms with E-state index in [2.05, 4.69) is 15.3 Å². The van der Waals surface area contributed by atoms with Crippen LogP contribution in [0.25, 0.3) is 0 Å². The maximum Gasteiger partial charge on any atom is 0.288 e. The van der Waals surface area contributed by atoms with Crippen LogP contribution in [0.4, 0.5) is 11.5 Å². The SMILES string of the molecule is O=C1CC(c2ccc(Cl)c([N+](=O)[O-])c2)c2c(nc[nH]c2=O)N1. The molecule has 1 amide bonds. The fourth-order valence-corrected chi connectivity index (χ4v) is 2.66. The predicted octanol–water partition coefficient (Wildman–Crippen LogP) is 1.81. The molecule has 1 unspecified atom stereocenters. The lowest BCUT2D eigenvalue weighted by molar-refractivity contribution is -0.384. The van der Waals surface area contributed by atoms with Crippen LogP contribution in [0.3, 0.4) is 0 Å². The Morgan fingerprint density at radius 3 is 2.86 bits per heavy atom. The maximum atomic E-state index is 12.0. The Morgan fingerprint density at radius 1 is 1.36 bits per heavy atom. The molecular weight excluding hydrogens is 312 g/mol. The van der Waals surface area contributed by atoms with E-state index in [-0.39, 0.29) is 34.4 Å². The third kappa shape index (κ3) is 2.33. The highest BCUT2D eigenvalue weighted by molar-refractivity contribution is 6.32. The quantitative estimate of drug-likeness (QED) is 0.646. The lowest BCUT2D eigenvalue weighted by atomic mass is 9.86. The Kier molecular flexibility index (Phi) is 3.38. The van der Waals surface area contributed by atoms with Gasteiger partial charge in [0.15, 0.2) is 0 Å². The number of amides is 1. The first-order chi connectivity index (χ1) is 10.5. The third-order valence-electron chi connectivity index (χ3n) is 3.45. The van der Waals surface area contributed by atoms with Crippen LogP contribution < -0.4 is 10.9 Å². The number of fused-ring (bicyclic) bond motifs is 1. The van der Waals surface area contributed by atoms with Crippen molar-refractivity contribution in [1.82, 2.24) is 9.97 Å². The molecule has 2 N–H and O–H groups in total. The molecule has 0 aliphatic carbocycles. The maximum absolute atomic E-state index is 12.0. The zero-order chi connectivity index (χ0) is 15.9. The van der Waals surface area contributed by atoms with E-state index in [9.17, 15) is 19.7 Å². The molecule has 0 radical (unpaired) electrons. The summed E-state index contributed by atoms with van der Waals surface area (Å²) in [4.78, 5) is 40.6. The summed E-state index contributed by atoms with van der Waals surface area (Å²) in [5.74, 6) is -0.757. The first-order valence-corrected chi connectivity index (χ1v) is 6.66. The number of rotatable bonds is 2. The number of H-pyrrole nitrogens is 1. The highest BCUT2D eigenvalue weighted by atomic mass is 35.5. The van der Waals surface area contributed by atoms with E-state index in [1.54, 1.807) is 6.07 Å². The molecule has 1 aliphatic rings. The Morgan fingerprint density at radius 2 is 2.14 bits per heavy atom. The summed E-state index contributed by atoms with van der Waals surface area (Å²) in [5, 5.41) is 13.5. The van der Waals surface area contributed by atoms with Crippen LogP contribution in [-0.4, -0.2) is 20.8 Å². The average molecular weight is 321 g/mol. The number of nitro groups is 1. The Hall–Kier alpha value is -2.74. The second-order valence-corrected chi connectivity index (χ2v) is 5.17. The van der Waals surface area contributed by atoms with Gasteiger partial charge in [-0.25, -0.2) is 4.98 Å². The number of anilines is 1. The Bertz CT molecular complexity index is 848. The normalized spacial score (nSPS) is 16.8. The van der Waals surface area contributed by atoms with Crippen molar-refractivity contribution in [1.29, 1.82) is 0 Å². The number of benzene rings is 1. The molecule has 0 bridgehead atoms. The lowest BCUT2D eigenvalue weighted by Crippen LogP contribution is -2.30. The van der Waals surface area contributed by atoms with Gasteiger partial charge in [0.25, 0.3) is 11.2 Å². The molecule has 9 heteroatoms. The monoisotopic (exact) mass is 320 g/mol. The summed E-state index contributed by atoms with van der Waals surface area (Å²) in [6, 6.07) is 4.22. The van der Waals surface area contributed by atoms with Crippen LogP contribution in [0, 0.1) is 10.1 Å². The summed E-state index contributed by atoms with van der Waals surface area (Å²) in [7, 11) is 0. The standard InChI is InChI=1S/C13H9ClN4O4/c14-8-2-1-6(3-9(8)18(21)22)7-4-10(19)17-12-11(7)13(20)16-5-15-12/h1-3,5,7H,4H2,(H2,15,16,17,19,20). The number of hydrogen-bond acceptors (Lipinski definition) is 5. The van der Waals surface area contributed by atoms with Gasteiger partial charge in [-0.05, 0) is 11.6 Å². The van der Waals surface area contributed by atoms with Gasteiger partial charge in [0.1, 0.15) is 10.8 Å². The van der Waals surface area contributed by atoms with E-state index in [1.807, 2.05) is 0 Å². The molecule has 22 heavy (non-hydrogen) atoms. The minimum Gasteiger partial charge on any atom is -0.313 e. The van der Waals surface area contributed by atoms with E-state index in [1.165, 1.54) is 18.5 Å². The van der Waals surface area contributed by atoms with Crippen molar-refractivity contribution >= 4 is 29.0 Å². The topological polar surface area (TPSA) is 118 Å². The van der Waals surface area contributed by atoms with Gasteiger partial charge in [-0.3, -0.25) is 19.7 Å². The van der Waals surface area contributed by atoms with Crippen molar-refractivity contribution < 1.29 is 9.72 Å². The smallest absolute Gasteiger partial charge is 0.288 e. The van der Waals surface area contributed by atoms with Gasteiger partial charge in [0.2, 0.25) is 5.91 Å². The molecule has 1 atom stereocenters. The fourth-order valence-electron chi connectivity index (χ4n) is 2.47. The van der Waals surface area contributed by atoms with Crippen molar-refractivity contribution in [3.63, 3.8) is 0 Å². The van der Waals surface area contributed by atoms with E-state index >= 15 is 0 Å². The molecule has 2 heterocycles. The predicted molar refractivity (Wildman–Crippen MR) is 78.1 cm³/mol. The van der Waals surface area contributed by atoms with E-state index in [0.717, 1.165) is 0 Å². The minimum atomic E-state index is -0.614. The van der Waals surface area contributed by atoms with Crippen LogP contribution in [0.1, 0.15) is 23.5 Å². The van der Waals surface area contributed by atoms with E-state index < -0.39 is 16.4 Å². The minimum absolute atomic E-state index is 0.000556. The fraction of sp³-hybridized carbons (Fsp3) is 0.154. The van der Waals surface area contributed by atoms with Crippen LogP contribution in [0.15, 0.2) is 29.3 Å². The molecule has 0 fully saturated rings. The number of aromatic amines is 1. The number of carbonyl (C=O) groups is 1.